The number of carboxylic acids is 1. The number of anilines is 2. The molecule has 0 bridgehead atoms. The normalized spacial score (nSPS) is 16.2. The van der Waals surface area contributed by atoms with Gasteiger partial charge in [0.15, 0.2) is 0 Å². The molecule has 0 unspecified atom stereocenters. The summed E-state index contributed by atoms with van der Waals surface area (Å²) < 4.78 is 5.37. The summed E-state index contributed by atoms with van der Waals surface area (Å²) in [6.07, 6.45) is 0.871. The molecule has 2 aliphatic heterocycles. The third-order valence-corrected chi connectivity index (χ3v) is 7.11. The standard InChI is InChI=1S/C31H32N4O5/c1-20-18-25-26(19-24(20)31(38)39)34-30(37)27(25)28(21-6-3-2-4-7-21)33-23-10-8-22(9-11-23)29(36)32-12-5-13-35-14-16-40-17-15-35/h2-4,6-11,18-19,33H,5,12-17H2,1H3,(H,32,36)(H,34,37)(H,38,39)/b28-27+. The fraction of sp³-hybridized carbons (Fsp3) is 0.258. The molecular weight excluding hydrogens is 508 g/mol. The summed E-state index contributed by atoms with van der Waals surface area (Å²) in [7, 11) is 0. The molecular formula is C31H32N4O5. The Balaban J connectivity index is 1.34. The molecule has 2 heterocycles. The molecule has 0 saturated carbocycles. The molecule has 2 amide bonds. The Morgan fingerprint density at radius 2 is 1.73 bits per heavy atom. The molecule has 4 N–H and O–H groups in total. The number of rotatable bonds is 9. The van der Waals surface area contributed by atoms with Crippen LogP contribution in [0.3, 0.4) is 0 Å². The van der Waals surface area contributed by atoms with Gasteiger partial charge >= 0.3 is 5.97 Å². The van der Waals surface area contributed by atoms with Crippen molar-refractivity contribution >= 4 is 40.4 Å². The van der Waals surface area contributed by atoms with Gasteiger partial charge in [-0.05, 0) is 67.4 Å². The van der Waals surface area contributed by atoms with Crippen LogP contribution in [0.2, 0.25) is 0 Å². The first kappa shape index (κ1) is 27.1. The number of ether oxygens (including phenoxy) is 1. The molecule has 3 aromatic rings. The number of fused-ring (bicyclic) bond motifs is 1. The largest absolute Gasteiger partial charge is 0.478 e. The smallest absolute Gasteiger partial charge is 0.336 e. The van der Waals surface area contributed by atoms with Gasteiger partial charge in [0.2, 0.25) is 0 Å². The van der Waals surface area contributed by atoms with E-state index >= 15 is 0 Å². The number of nitrogens with one attached hydrogen (secondary N) is 3. The Labute approximate surface area is 232 Å². The third kappa shape index (κ3) is 6.06. The molecule has 0 radical (unpaired) electrons. The zero-order chi connectivity index (χ0) is 28.1. The summed E-state index contributed by atoms with van der Waals surface area (Å²) >= 11 is 0. The maximum atomic E-state index is 13.2. The summed E-state index contributed by atoms with van der Waals surface area (Å²) in [4.78, 5) is 39.8. The quantitative estimate of drug-likeness (QED) is 0.239. The lowest BCUT2D eigenvalue weighted by molar-refractivity contribution is -0.110. The molecule has 2 aliphatic rings. The third-order valence-electron chi connectivity index (χ3n) is 7.11. The number of aromatic carboxylic acids is 1. The zero-order valence-corrected chi connectivity index (χ0v) is 22.3. The van der Waals surface area contributed by atoms with Crippen molar-refractivity contribution in [3.05, 3.63) is 94.5 Å². The minimum atomic E-state index is -1.05. The summed E-state index contributed by atoms with van der Waals surface area (Å²) in [6, 6.07) is 19.8. The lowest BCUT2D eigenvalue weighted by Crippen LogP contribution is -2.38. The first-order chi connectivity index (χ1) is 19.4. The number of carbonyl (C=O) groups excluding carboxylic acids is 2. The second-order valence-electron chi connectivity index (χ2n) is 9.85. The van der Waals surface area contributed by atoms with Crippen molar-refractivity contribution in [1.82, 2.24) is 10.2 Å². The minimum absolute atomic E-state index is 0.135. The van der Waals surface area contributed by atoms with E-state index in [1.54, 1.807) is 37.3 Å². The highest BCUT2D eigenvalue weighted by Gasteiger charge is 2.30. The van der Waals surface area contributed by atoms with E-state index < -0.39 is 5.97 Å². The van der Waals surface area contributed by atoms with Crippen LogP contribution in [0.4, 0.5) is 11.4 Å². The first-order valence-corrected chi connectivity index (χ1v) is 13.4. The van der Waals surface area contributed by atoms with Crippen molar-refractivity contribution in [1.29, 1.82) is 0 Å². The van der Waals surface area contributed by atoms with Gasteiger partial charge in [-0.3, -0.25) is 14.5 Å². The molecule has 1 saturated heterocycles. The Hall–Kier alpha value is -4.47. The van der Waals surface area contributed by atoms with Crippen LogP contribution in [-0.2, 0) is 9.53 Å². The van der Waals surface area contributed by atoms with E-state index in [2.05, 4.69) is 20.9 Å². The second-order valence-corrected chi connectivity index (χ2v) is 9.85. The predicted octanol–water partition coefficient (Wildman–Crippen LogP) is 4.08. The van der Waals surface area contributed by atoms with Gasteiger partial charge in [0, 0.05) is 36.4 Å². The molecule has 0 atom stereocenters. The van der Waals surface area contributed by atoms with Gasteiger partial charge in [-0.25, -0.2) is 4.79 Å². The zero-order valence-electron chi connectivity index (χ0n) is 22.3. The molecule has 0 aliphatic carbocycles. The van der Waals surface area contributed by atoms with Gasteiger partial charge in [0.05, 0.1) is 35.7 Å². The maximum absolute atomic E-state index is 13.2. The van der Waals surface area contributed by atoms with Crippen molar-refractivity contribution < 1.29 is 24.2 Å². The number of hydrogen-bond donors (Lipinski definition) is 4. The van der Waals surface area contributed by atoms with Crippen molar-refractivity contribution in [3.63, 3.8) is 0 Å². The highest BCUT2D eigenvalue weighted by atomic mass is 16.5. The molecule has 5 rings (SSSR count). The summed E-state index contributed by atoms with van der Waals surface area (Å²) in [6.45, 7) is 6.62. The fourth-order valence-corrected chi connectivity index (χ4v) is 4.97. The fourth-order valence-electron chi connectivity index (χ4n) is 4.97. The molecule has 9 heteroatoms. The predicted molar refractivity (Wildman–Crippen MR) is 154 cm³/mol. The molecule has 206 valence electrons. The van der Waals surface area contributed by atoms with E-state index in [-0.39, 0.29) is 17.4 Å². The van der Waals surface area contributed by atoms with Crippen LogP contribution in [-0.4, -0.2) is 67.2 Å². The topological polar surface area (TPSA) is 120 Å². The molecule has 1 fully saturated rings. The average molecular weight is 541 g/mol. The summed E-state index contributed by atoms with van der Waals surface area (Å²) in [5, 5.41) is 18.7. The van der Waals surface area contributed by atoms with Crippen molar-refractivity contribution in [2.24, 2.45) is 0 Å². The van der Waals surface area contributed by atoms with Gasteiger partial charge in [-0.15, -0.1) is 0 Å². The van der Waals surface area contributed by atoms with E-state index in [1.165, 1.54) is 6.07 Å². The van der Waals surface area contributed by atoms with E-state index in [9.17, 15) is 19.5 Å². The number of aryl methyl sites for hydroxylation is 1. The average Bonchev–Trinajstić information content (AvgIpc) is 3.28. The van der Waals surface area contributed by atoms with Gasteiger partial charge in [0.25, 0.3) is 11.8 Å². The SMILES string of the molecule is Cc1cc2c(cc1C(=O)O)NC(=O)/C2=C(/Nc1ccc(C(=O)NCCCN2CCOCC2)cc1)c1ccccc1. The number of morpholine rings is 1. The Morgan fingerprint density at radius 1 is 1.00 bits per heavy atom. The number of carbonyl (C=O) groups is 3. The van der Waals surface area contributed by atoms with Crippen LogP contribution < -0.4 is 16.0 Å². The van der Waals surface area contributed by atoms with Crippen LogP contribution in [0.15, 0.2) is 66.7 Å². The Bertz CT molecular complexity index is 1440. The number of amides is 2. The van der Waals surface area contributed by atoms with Crippen molar-refractivity contribution in [2.45, 2.75) is 13.3 Å². The number of carboxylic acid groups (broad SMARTS) is 1. The van der Waals surface area contributed by atoms with E-state index in [1.807, 2.05) is 30.3 Å². The lowest BCUT2D eigenvalue weighted by atomic mass is 9.96. The Kier molecular flexibility index (Phi) is 8.23. The molecule has 9 nitrogen and oxygen atoms in total. The lowest BCUT2D eigenvalue weighted by Gasteiger charge is -2.26. The molecule has 40 heavy (non-hydrogen) atoms. The van der Waals surface area contributed by atoms with Gasteiger partial charge in [0.1, 0.15) is 0 Å². The van der Waals surface area contributed by atoms with Crippen molar-refractivity contribution in [3.8, 4) is 0 Å². The van der Waals surface area contributed by atoms with Crippen molar-refractivity contribution in [2.75, 3.05) is 50.0 Å². The number of benzene rings is 3. The Morgan fingerprint density at radius 3 is 2.42 bits per heavy atom. The summed E-state index contributed by atoms with van der Waals surface area (Å²) in [5.41, 5.74) is 4.84. The van der Waals surface area contributed by atoms with E-state index in [4.69, 9.17) is 4.74 Å². The van der Waals surface area contributed by atoms with Crippen LogP contribution >= 0.6 is 0 Å². The number of hydrogen-bond acceptors (Lipinski definition) is 6. The first-order valence-electron chi connectivity index (χ1n) is 13.4. The summed E-state index contributed by atoms with van der Waals surface area (Å²) in [5.74, 6) is -1.50. The maximum Gasteiger partial charge on any atom is 0.336 e. The monoisotopic (exact) mass is 540 g/mol. The van der Waals surface area contributed by atoms with Gasteiger partial charge in [-0.2, -0.15) is 0 Å². The van der Waals surface area contributed by atoms with Crippen LogP contribution in [0.1, 0.15) is 43.8 Å². The molecule has 3 aromatic carbocycles. The van der Waals surface area contributed by atoms with Gasteiger partial charge < -0.3 is 25.8 Å². The van der Waals surface area contributed by atoms with Crippen LogP contribution in [0.5, 0.6) is 0 Å². The second kappa shape index (κ2) is 12.1. The molecule has 0 spiro atoms. The van der Waals surface area contributed by atoms with Crippen LogP contribution in [0, 0.1) is 6.92 Å². The number of nitrogens with zero attached hydrogens (tertiary/aromatic N) is 1. The highest BCUT2D eigenvalue weighted by Crippen LogP contribution is 2.39. The van der Waals surface area contributed by atoms with E-state index in [0.29, 0.717) is 45.9 Å². The minimum Gasteiger partial charge on any atom is -0.478 e. The highest BCUT2D eigenvalue weighted by molar-refractivity contribution is 6.37. The van der Waals surface area contributed by atoms with E-state index in [0.717, 1.165) is 44.8 Å². The van der Waals surface area contributed by atoms with Crippen LogP contribution in [0.25, 0.3) is 11.3 Å². The van der Waals surface area contributed by atoms with Gasteiger partial charge in [-0.1, -0.05) is 30.3 Å². The molecule has 0 aromatic heterocycles.